The van der Waals surface area contributed by atoms with Crippen molar-refractivity contribution < 1.29 is 4.74 Å². The minimum atomic E-state index is -0.720. The van der Waals surface area contributed by atoms with Gasteiger partial charge in [0.2, 0.25) is 5.72 Å². The van der Waals surface area contributed by atoms with Gasteiger partial charge in [0.1, 0.15) is 11.2 Å². The molecule has 5 heteroatoms. The maximum Gasteiger partial charge on any atom is 0.228 e. The van der Waals surface area contributed by atoms with Crippen molar-refractivity contribution in [2.75, 3.05) is 11.9 Å². The Bertz CT molecular complexity index is 1340. The second-order valence-electron chi connectivity index (χ2n) is 8.23. The number of anilines is 1. The zero-order valence-corrected chi connectivity index (χ0v) is 16.5. The fourth-order valence-electron chi connectivity index (χ4n) is 4.91. The number of hydrogen-bond acceptors (Lipinski definition) is 5. The number of nitrogens with zero attached hydrogens (tertiary/aromatic N) is 4. The monoisotopic (exact) mass is 380 g/mol. The van der Waals surface area contributed by atoms with E-state index in [2.05, 4.69) is 60.0 Å². The molecule has 2 aliphatic rings. The fourth-order valence-corrected chi connectivity index (χ4v) is 4.91. The van der Waals surface area contributed by atoms with Crippen LogP contribution < -0.4 is 9.64 Å². The quantitative estimate of drug-likeness (QED) is 0.403. The van der Waals surface area contributed by atoms with Gasteiger partial charge in [-0.05, 0) is 49.7 Å². The number of likely N-dealkylation sites (N-methyl/N-ethyl adjacent to an activating group) is 1. The molecule has 5 nitrogen and oxygen atoms in total. The van der Waals surface area contributed by atoms with E-state index < -0.39 is 5.72 Å². The highest BCUT2D eigenvalue weighted by atomic mass is 16.5. The number of ether oxygens (including phenoxy) is 1. The standard InChI is InChI=1S/C24H20N4O/c1-23(2)17-10-4-5-11-18(17)28(3)24(23)14-27-21-15-8-6-12-25-19(15)20-16(22(21)29-24)9-7-13-26-20/h4-14H,1-3H3. The largest absolute Gasteiger partial charge is 0.459 e. The molecule has 0 saturated heterocycles. The number of fused-ring (bicyclic) bond motifs is 7. The van der Waals surface area contributed by atoms with E-state index in [-0.39, 0.29) is 5.41 Å². The van der Waals surface area contributed by atoms with Crippen LogP contribution in [0, 0.1) is 0 Å². The molecular formula is C24H20N4O. The number of benzene rings is 2. The van der Waals surface area contributed by atoms with Crippen molar-refractivity contribution in [1.82, 2.24) is 9.97 Å². The smallest absolute Gasteiger partial charge is 0.228 e. The summed E-state index contributed by atoms with van der Waals surface area (Å²) in [5.74, 6) is 0.767. The molecule has 1 atom stereocenters. The van der Waals surface area contributed by atoms with Crippen LogP contribution in [0.4, 0.5) is 11.4 Å². The van der Waals surface area contributed by atoms with Crippen molar-refractivity contribution in [3.05, 3.63) is 66.5 Å². The summed E-state index contributed by atoms with van der Waals surface area (Å²) in [6, 6.07) is 16.4. The van der Waals surface area contributed by atoms with Crippen LogP contribution in [0.2, 0.25) is 0 Å². The number of hydrogen-bond donors (Lipinski definition) is 0. The number of aromatic nitrogens is 2. The third-order valence-corrected chi connectivity index (χ3v) is 6.51. The molecule has 142 valence electrons. The van der Waals surface area contributed by atoms with E-state index >= 15 is 0 Å². The summed E-state index contributed by atoms with van der Waals surface area (Å²) in [6.07, 6.45) is 5.55. The lowest BCUT2D eigenvalue weighted by Crippen LogP contribution is -2.61. The Morgan fingerprint density at radius 3 is 2.31 bits per heavy atom. The number of para-hydroxylation sites is 1. The zero-order valence-electron chi connectivity index (χ0n) is 16.5. The van der Waals surface area contributed by atoms with Crippen LogP contribution in [0.15, 0.2) is 65.9 Å². The molecule has 0 bridgehead atoms. The van der Waals surface area contributed by atoms with Crippen molar-refractivity contribution in [3.8, 4) is 5.75 Å². The topological polar surface area (TPSA) is 50.6 Å². The summed E-state index contributed by atoms with van der Waals surface area (Å²) in [6.45, 7) is 4.44. The lowest BCUT2D eigenvalue weighted by Gasteiger charge is -2.45. The van der Waals surface area contributed by atoms with E-state index in [0.717, 1.165) is 38.9 Å². The van der Waals surface area contributed by atoms with Crippen LogP contribution in [-0.2, 0) is 5.41 Å². The van der Waals surface area contributed by atoms with E-state index in [0.29, 0.717) is 0 Å². The maximum absolute atomic E-state index is 6.92. The van der Waals surface area contributed by atoms with Gasteiger partial charge in [0.05, 0.1) is 17.1 Å². The van der Waals surface area contributed by atoms with Crippen molar-refractivity contribution in [3.63, 3.8) is 0 Å². The van der Waals surface area contributed by atoms with Gasteiger partial charge in [-0.25, -0.2) is 0 Å². The van der Waals surface area contributed by atoms with Crippen molar-refractivity contribution >= 4 is 39.4 Å². The molecule has 6 rings (SSSR count). The molecule has 2 aliphatic heterocycles. The normalized spacial score (nSPS) is 21.4. The van der Waals surface area contributed by atoms with Gasteiger partial charge in [-0.3, -0.25) is 15.0 Å². The molecule has 0 saturated carbocycles. The number of rotatable bonds is 0. The predicted octanol–water partition coefficient (Wildman–Crippen LogP) is 5.00. The highest BCUT2D eigenvalue weighted by molar-refractivity contribution is 6.14. The van der Waals surface area contributed by atoms with Crippen molar-refractivity contribution in [2.45, 2.75) is 25.0 Å². The summed E-state index contributed by atoms with van der Waals surface area (Å²) in [7, 11) is 2.08. The van der Waals surface area contributed by atoms with Crippen LogP contribution in [0.1, 0.15) is 19.4 Å². The molecule has 1 spiro atoms. The third kappa shape index (κ3) is 1.87. The molecule has 0 N–H and O–H groups in total. The lowest BCUT2D eigenvalue weighted by atomic mass is 9.77. The highest BCUT2D eigenvalue weighted by Crippen LogP contribution is 2.55. The summed E-state index contributed by atoms with van der Waals surface area (Å²) in [5.41, 5.74) is 3.91. The van der Waals surface area contributed by atoms with Crippen molar-refractivity contribution in [2.24, 2.45) is 4.99 Å². The second kappa shape index (κ2) is 5.32. The van der Waals surface area contributed by atoms with Gasteiger partial charge in [-0.2, -0.15) is 0 Å². The van der Waals surface area contributed by atoms with Gasteiger partial charge in [0, 0.05) is 35.9 Å². The minimum absolute atomic E-state index is 0.294. The second-order valence-corrected chi connectivity index (χ2v) is 8.23. The van der Waals surface area contributed by atoms with Crippen LogP contribution in [-0.4, -0.2) is 29.0 Å². The molecule has 0 radical (unpaired) electrons. The molecule has 0 fully saturated rings. The van der Waals surface area contributed by atoms with Gasteiger partial charge in [-0.1, -0.05) is 18.2 Å². The summed E-state index contributed by atoms with van der Waals surface area (Å²) in [5, 5.41) is 1.89. The zero-order chi connectivity index (χ0) is 19.8. The van der Waals surface area contributed by atoms with Crippen molar-refractivity contribution in [1.29, 1.82) is 0 Å². The highest BCUT2D eigenvalue weighted by Gasteiger charge is 2.58. The Balaban J connectivity index is 1.67. The maximum atomic E-state index is 6.92. The van der Waals surface area contributed by atoms with Gasteiger partial charge in [0.15, 0.2) is 5.75 Å². The summed E-state index contributed by atoms with van der Waals surface area (Å²) in [4.78, 5) is 16.4. The molecule has 4 aromatic rings. The number of aliphatic imine (C=N–C) groups is 1. The fraction of sp³-hybridized carbons (Fsp3) is 0.208. The molecule has 1 unspecified atom stereocenters. The van der Waals surface area contributed by atoms with Gasteiger partial charge in [-0.15, -0.1) is 0 Å². The summed E-state index contributed by atoms with van der Waals surface area (Å²) >= 11 is 0. The minimum Gasteiger partial charge on any atom is -0.459 e. The van der Waals surface area contributed by atoms with Crippen LogP contribution >= 0.6 is 0 Å². The first-order chi connectivity index (χ1) is 14.0. The average Bonchev–Trinajstić information content (AvgIpc) is 2.93. The third-order valence-electron chi connectivity index (χ3n) is 6.51. The van der Waals surface area contributed by atoms with Crippen LogP contribution in [0.3, 0.4) is 0 Å². The SMILES string of the molecule is CN1c2ccccc2C(C)(C)C12C=Nc1c(c3cccnc3c3ncccc13)O2. The van der Waals surface area contributed by atoms with Crippen LogP contribution in [0.5, 0.6) is 5.75 Å². The number of pyridine rings is 2. The Kier molecular flexibility index (Phi) is 3.02. The van der Waals surface area contributed by atoms with E-state index in [1.54, 1.807) is 12.4 Å². The summed E-state index contributed by atoms with van der Waals surface area (Å²) < 4.78 is 6.92. The molecule has 0 amide bonds. The first kappa shape index (κ1) is 16.5. The Labute approximate surface area is 168 Å². The Morgan fingerprint density at radius 1 is 0.862 bits per heavy atom. The lowest BCUT2D eigenvalue weighted by molar-refractivity contribution is 0.0844. The Morgan fingerprint density at radius 2 is 1.55 bits per heavy atom. The Hall–Kier alpha value is -3.47. The van der Waals surface area contributed by atoms with E-state index in [9.17, 15) is 0 Å². The molecule has 4 heterocycles. The average molecular weight is 380 g/mol. The van der Waals surface area contributed by atoms with Gasteiger partial charge >= 0.3 is 0 Å². The first-order valence-electron chi connectivity index (χ1n) is 9.77. The molecule has 2 aromatic heterocycles. The van der Waals surface area contributed by atoms with E-state index in [1.807, 2.05) is 30.5 Å². The van der Waals surface area contributed by atoms with Crippen LogP contribution in [0.25, 0.3) is 21.8 Å². The van der Waals surface area contributed by atoms with E-state index in [1.165, 1.54) is 5.56 Å². The van der Waals surface area contributed by atoms with Gasteiger partial charge in [0.25, 0.3) is 0 Å². The molecular weight excluding hydrogens is 360 g/mol. The predicted molar refractivity (Wildman–Crippen MR) is 116 cm³/mol. The molecule has 0 aliphatic carbocycles. The van der Waals surface area contributed by atoms with Gasteiger partial charge < -0.3 is 9.64 Å². The molecule has 2 aromatic carbocycles. The van der Waals surface area contributed by atoms with E-state index in [4.69, 9.17) is 9.73 Å². The molecule has 29 heavy (non-hydrogen) atoms. The first-order valence-corrected chi connectivity index (χ1v) is 9.77.